The molecule has 1 N–H and O–H groups in total. The molecule has 1 aliphatic heterocycles. The second-order valence-corrected chi connectivity index (χ2v) is 5.60. The average Bonchev–Trinajstić information content (AvgIpc) is 2.29. The molecule has 0 saturated carbocycles. The minimum Gasteiger partial charge on any atom is -0.389 e. The third-order valence-electron chi connectivity index (χ3n) is 2.92. The number of nitrogens with zero attached hydrogens (tertiary/aromatic N) is 4. The zero-order valence-electron chi connectivity index (χ0n) is 10.8. The molecule has 2 rings (SSSR count). The lowest BCUT2D eigenvalue weighted by Gasteiger charge is -2.37. The number of hydrogen-bond donors (Lipinski definition) is 1. The lowest BCUT2D eigenvalue weighted by Crippen LogP contribution is -2.50. The van der Waals surface area contributed by atoms with Gasteiger partial charge in [-0.3, -0.25) is 4.90 Å². The first kappa shape index (κ1) is 13.5. The lowest BCUT2D eigenvalue weighted by atomic mass is 10.1. The first-order valence-electron chi connectivity index (χ1n) is 6.12. The van der Waals surface area contributed by atoms with Crippen molar-refractivity contribution < 1.29 is 5.11 Å². The van der Waals surface area contributed by atoms with Gasteiger partial charge in [-0.15, -0.1) is 0 Å². The van der Waals surface area contributed by atoms with Crippen LogP contribution in [0.2, 0.25) is 5.15 Å². The topological polar surface area (TPSA) is 52.5 Å². The summed E-state index contributed by atoms with van der Waals surface area (Å²) in [4.78, 5) is 12.7. The Balaban J connectivity index is 1.93. The van der Waals surface area contributed by atoms with Crippen LogP contribution in [0, 0.1) is 0 Å². The van der Waals surface area contributed by atoms with Gasteiger partial charge in [-0.05, 0) is 13.8 Å². The van der Waals surface area contributed by atoms with E-state index in [9.17, 15) is 5.11 Å². The zero-order chi connectivity index (χ0) is 13.2. The van der Waals surface area contributed by atoms with Gasteiger partial charge in [0.25, 0.3) is 0 Å². The smallest absolute Gasteiger partial charge is 0.171 e. The largest absolute Gasteiger partial charge is 0.389 e. The maximum atomic E-state index is 9.80. The summed E-state index contributed by atoms with van der Waals surface area (Å²) >= 11 is 6.03. The third-order valence-corrected chi connectivity index (χ3v) is 3.18. The van der Waals surface area contributed by atoms with Crippen molar-refractivity contribution in [2.75, 3.05) is 37.6 Å². The molecule has 0 spiro atoms. The van der Waals surface area contributed by atoms with Crippen LogP contribution in [0.1, 0.15) is 13.8 Å². The van der Waals surface area contributed by atoms with E-state index in [2.05, 4.69) is 19.8 Å². The molecule has 1 fully saturated rings. The predicted octanol–water partition coefficient (Wildman–Crippen LogP) is 1.02. The van der Waals surface area contributed by atoms with Crippen LogP contribution in [0.15, 0.2) is 12.4 Å². The number of halogens is 1. The Morgan fingerprint density at radius 2 is 1.83 bits per heavy atom. The van der Waals surface area contributed by atoms with Crippen LogP contribution in [-0.2, 0) is 0 Å². The minimum atomic E-state index is -0.646. The third kappa shape index (κ3) is 3.54. The monoisotopic (exact) mass is 270 g/mol. The van der Waals surface area contributed by atoms with E-state index < -0.39 is 5.60 Å². The van der Waals surface area contributed by atoms with Crippen molar-refractivity contribution in [3.63, 3.8) is 0 Å². The summed E-state index contributed by atoms with van der Waals surface area (Å²) in [5, 5.41) is 10.3. The number of hydrogen-bond acceptors (Lipinski definition) is 5. The van der Waals surface area contributed by atoms with Gasteiger partial charge in [-0.2, -0.15) is 0 Å². The van der Waals surface area contributed by atoms with E-state index in [1.807, 2.05) is 13.8 Å². The number of anilines is 1. The summed E-state index contributed by atoms with van der Waals surface area (Å²) < 4.78 is 0. The zero-order valence-corrected chi connectivity index (χ0v) is 11.6. The molecule has 0 amide bonds. The van der Waals surface area contributed by atoms with Crippen LogP contribution in [0.3, 0.4) is 0 Å². The van der Waals surface area contributed by atoms with Crippen molar-refractivity contribution >= 4 is 17.4 Å². The number of piperazine rings is 1. The molecule has 18 heavy (non-hydrogen) atoms. The number of aliphatic hydroxyl groups is 1. The van der Waals surface area contributed by atoms with Crippen LogP contribution < -0.4 is 4.90 Å². The highest BCUT2D eigenvalue weighted by Gasteiger charge is 2.24. The summed E-state index contributed by atoms with van der Waals surface area (Å²) in [6.07, 6.45) is 3.25. The average molecular weight is 271 g/mol. The quantitative estimate of drug-likeness (QED) is 0.889. The molecule has 0 bridgehead atoms. The van der Waals surface area contributed by atoms with Crippen molar-refractivity contribution in [1.29, 1.82) is 0 Å². The molecule has 0 radical (unpaired) electrons. The molecule has 1 aromatic heterocycles. The van der Waals surface area contributed by atoms with Crippen molar-refractivity contribution in [2.24, 2.45) is 0 Å². The van der Waals surface area contributed by atoms with Crippen LogP contribution in [0.5, 0.6) is 0 Å². The highest BCUT2D eigenvalue weighted by Crippen LogP contribution is 2.21. The standard InChI is InChI=1S/C12H19ClN4O/c1-12(2,18)9-16-5-7-17(8-6-16)11-10(13)14-3-4-15-11/h3-4,18H,5-9H2,1-2H3. The second kappa shape index (κ2) is 5.38. The van der Waals surface area contributed by atoms with Gasteiger partial charge in [0, 0.05) is 45.1 Å². The van der Waals surface area contributed by atoms with Crippen LogP contribution in [-0.4, -0.2) is 58.3 Å². The minimum absolute atomic E-state index is 0.452. The van der Waals surface area contributed by atoms with Crippen molar-refractivity contribution in [2.45, 2.75) is 19.4 Å². The SMILES string of the molecule is CC(C)(O)CN1CCN(c2nccnc2Cl)CC1. The normalized spacial score (nSPS) is 18.1. The van der Waals surface area contributed by atoms with E-state index >= 15 is 0 Å². The molecule has 5 nitrogen and oxygen atoms in total. The summed E-state index contributed by atoms with van der Waals surface area (Å²) in [5.74, 6) is 0.752. The fourth-order valence-corrected chi connectivity index (χ4v) is 2.42. The Hall–Kier alpha value is -0.910. The number of aromatic nitrogens is 2. The highest BCUT2D eigenvalue weighted by atomic mass is 35.5. The van der Waals surface area contributed by atoms with Gasteiger partial charge < -0.3 is 10.0 Å². The van der Waals surface area contributed by atoms with Gasteiger partial charge in [-0.25, -0.2) is 9.97 Å². The maximum Gasteiger partial charge on any atom is 0.171 e. The molecule has 0 aromatic carbocycles. The Morgan fingerprint density at radius 1 is 1.22 bits per heavy atom. The predicted molar refractivity (Wildman–Crippen MR) is 72.0 cm³/mol. The molecule has 100 valence electrons. The van der Waals surface area contributed by atoms with Crippen LogP contribution >= 0.6 is 11.6 Å². The summed E-state index contributed by atoms with van der Waals surface area (Å²) in [6, 6.07) is 0. The van der Waals surface area contributed by atoms with E-state index in [0.29, 0.717) is 11.7 Å². The number of β-amino-alcohol motifs (C(OH)–C–C–N with tert-alkyl or cyclic N) is 1. The Kier molecular flexibility index (Phi) is 4.04. The number of rotatable bonds is 3. The summed E-state index contributed by atoms with van der Waals surface area (Å²) in [5.41, 5.74) is -0.646. The second-order valence-electron chi connectivity index (χ2n) is 5.25. The summed E-state index contributed by atoms with van der Waals surface area (Å²) in [7, 11) is 0. The maximum absolute atomic E-state index is 9.80. The van der Waals surface area contributed by atoms with Crippen LogP contribution in [0.25, 0.3) is 0 Å². The van der Waals surface area contributed by atoms with Crippen molar-refractivity contribution in [3.8, 4) is 0 Å². The van der Waals surface area contributed by atoms with Gasteiger partial charge in [0.1, 0.15) is 0 Å². The molecular formula is C12H19ClN4O. The molecule has 0 aliphatic carbocycles. The fourth-order valence-electron chi connectivity index (χ4n) is 2.19. The van der Waals surface area contributed by atoms with E-state index in [1.54, 1.807) is 12.4 Å². The Bertz CT molecular complexity index is 399. The van der Waals surface area contributed by atoms with Gasteiger partial charge in [-0.1, -0.05) is 11.6 Å². The molecular weight excluding hydrogens is 252 g/mol. The molecule has 1 saturated heterocycles. The van der Waals surface area contributed by atoms with Crippen LogP contribution in [0.4, 0.5) is 5.82 Å². The van der Waals surface area contributed by atoms with Crippen molar-refractivity contribution in [3.05, 3.63) is 17.5 Å². The first-order valence-corrected chi connectivity index (χ1v) is 6.50. The Morgan fingerprint density at radius 3 is 2.39 bits per heavy atom. The molecule has 1 aliphatic rings. The van der Waals surface area contributed by atoms with Crippen molar-refractivity contribution in [1.82, 2.24) is 14.9 Å². The van der Waals surface area contributed by atoms with E-state index in [1.165, 1.54) is 0 Å². The first-order chi connectivity index (χ1) is 8.46. The van der Waals surface area contributed by atoms with E-state index in [0.717, 1.165) is 32.0 Å². The van der Waals surface area contributed by atoms with Gasteiger partial charge in [0.2, 0.25) is 0 Å². The lowest BCUT2D eigenvalue weighted by molar-refractivity contribution is 0.0344. The molecule has 0 unspecified atom stereocenters. The highest BCUT2D eigenvalue weighted by molar-refractivity contribution is 6.31. The molecule has 0 atom stereocenters. The molecule has 2 heterocycles. The Labute approximate surface area is 112 Å². The van der Waals surface area contributed by atoms with E-state index in [-0.39, 0.29) is 0 Å². The summed E-state index contributed by atoms with van der Waals surface area (Å²) in [6.45, 7) is 7.86. The van der Waals surface area contributed by atoms with Gasteiger partial charge in [0.15, 0.2) is 11.0 Å². The fraction of sp³-hybridized carbons (Fsp3) is 0.667. The molecule has 1 aromatic rings. The van der Waals surface area contributed by atoms with E-state index in [4.69, 9.17) is 11.6 Å². The van der Waals surface area contributed by atoms with Gasteiger partial charge in [0.05, 0.1) is 5.60 Å². The van der Waals surface area contributed by atoms with Gasteiger partial charge >= 0.3 is 0 Å². The molecule has 6 heteroatoms.